The second-order valence-corrected chi connectivity index (χ2v) is 13.3. The molecule has 0 aliphatic carbocycles. The Balaban J connectivity index is 0.00000165. The lowest BCUT2D eigenvalue weighted by atomic mass is 9.99. The van der Waals surface area contributed by atoms with Crippen LogP contribution < -0.4 is 0 Å². The Morgan fingerprint density at radius 3 is 1.72 bits per heavy atom. The molecular formula is C46H33N3S. The average molecular weight is 660 g/mol. The number of hydrogen-bond acceptors (Lipinski definition) is 3. The molecule has 7 aromatic carbocycles. The zero-order valence-electron chi connectivity index (χ0n) is 27.8. The van der Waals surface area contributed by atoms with E-state index in [1.54, 1.807) is 0 Å². The Bertz CT molecular complexity index is 2770. The van der Waals surface area contributed by atoms with E-state index in [2.05, 4.69) is 156 Å². The van der Waals surface area contributed by atoms with Gasteiger partial charge in [0, 0.05) is 53.2 Å². The molecule has 0 bridgehead atoms. The minimum absolute atomic E-state index is 0.654. The molecule has 0 unspecified atom stereocenters. The molecule has 0 atom stereocenters. The summed E-state index contributed by atoms with van der Waals surface area (Å²) in [4.78, 5) is 10.7. The highest BCUT2D eigenvalue weighted by Crippen LogP contribution is 2.44. The number of rotatable bonds is 4. The fourth-order valence-electron chi connectivity index (χ4n) is 7.18. The third kappa shape index (κ3) is 4.88. The second kappa shape index (κ2) is 12.4. The number of thiophene rings is 1. The predicted molar refractivity (Wildman–Crippen MR) is 214 cm³/mol. The lowest BCUT2D eigenvalue weighted by molar-refractivity contribution is 0.996. The Hall–Kier alpha value is -6.10. The van der Waals surface area contributed by atoms with Crippen LogP contribution in [0.2, 0.25) is 0 Å². The molecule has 10 rings (SSSR count). The normalized spacial score (nSPS) is 11.4. The predicted octanol–water partition coefficient (Wildman–Crippen LogP) is 13.1. The average Bonchev–Trinajstić information content (AvgIpc) is 3.74. The second-order valence-electron chi connectivity index (χ2n) is 12.2. The lowest BCUT2D eigenvalue weighted by Gasteiger charge is -2.14. The van der Waals surface area contributed by atoms with E-state index in [0.717, 1.165) is 33.5 Å². The minimum atomic E-state index is 0.654. The number of para-hydroxylation sites is 1. The van der Waals surface area contributed by atoms with Gasteiger partial charge in [-0.05, 0) is 35.0 Å². The van der Waals surface area contributed by atoms with E-state index >= 15 is 0 Å². The number of hydrogen-bond donors (Lipinski definition) is 0. The third-order valence-electron chi connectivity index (χ3n) is 9.40. The van der Waals surface area contributed by atoms with Gasteiger partial charge in [-0.2, -0.15) is 0 Å². The van der Waals surface area contributed by atoms with Crippen molar-refractivity contribution in [2.45, 2.75) is 13.8 Å². The smallest absolute Gasteiger partial charge is 0.235 e. The van der Waals surface area contributed by atoms with Crippen molar-refractivity contribution in [2.75, 3.05) is 0 Å². The van der Waals surface area contributed by atoms with Crippen molar-refractivity contribution in [3.63, 3.8) is 0 Å². The fraction of sp³-hybridized carbons (Fsp3) is 0.0435. The van der Waals surface area contributed by atoms with Crippen LogP contribution in [0.1, 0.15) is 13.8 Å². The van der Waals surface area contributed by atoms with E-state index in [9.17, 15) is 0 Å². The summed E-state index contributed by atoms with van der Waals surface area (Å²) in [6.45, 7) is 4.00. The summed E-state index contributed by atoms with van der Waals surface area (Å²) in [6.07, 6.45) is 0. The first-order valence-electron chi connectivity index (χ1n) is 17.2. The summed E-state index contributed by atoms with van der Waals surface area (Å²) in [7, 11) is 0. The summed E-state index contributed by atoms with van der Waals surface area (Å²) in [5.41, 5.74) is 8.47. The molecule has 3 nitrogen and oxygen atoms in total. The van der Waals surface area contributed by atoms with Crippen LogP contribution in [-0.2, 0) is 0 Å². The Morgan fingerprint density at radius 1 is 0.460 bits per heavy atom. The van der Waals surface area contributed by atoms with E-state index < -0.39 is 0 Å². The largest absolute Gasteiger partial charge is 0.277 e. The summed E-state index contributed by atoms with van der Waals surface area (Å²) in [6, 6.07) is 58.3. The molecule has 0 N–H and O–H groups in total. The number of nitrogens with zero attached hydrogens (tertiary/aromatic N) is 3. The maximum Gasteiger partial charge on any atom is 0.235 e. The molecule has 0 aliphatic heterocycles. The highest BCUT2D eigenvalue weighted by molar-refractivity contribution is 7.26. The fourth-order valence-corrected chi connectivity index (χ4v) is 8.41. The van der Waals surface area contributed by atoms with Crippen LogP contribution in [0, 0.1) is 0 Å². The zero-order chi connectivity index (χ0) is 33.6. The summed E-state index contributed by atoms with van der Waals surface area (Å²) in [5.74, 6) is 0.654. The first-order chi connectivity index (χ1) is 24.8. The van der Waals surface area contributed by atoms with Gasteiger partial charge in [0.2, 0.25) is 5.95 Å². The molecule has 0 aliphatic rings. The zero-order valence-corrected chi connectivity index (χ0v) is 28.7. The van der Waals surface area contributed by atoms with Crippen molar-refractivity contribution >= 4 is 64.1 Å². The molecule has 0 spiro atoms. The summed E-state index contributed by atoms with van der Waals surface area (Å²) >= 11 is 1.86. The lowest BCUT2D eigenvalue weighted by Crippen LogP contribution is -2.04. The van der Waals surface area contributed by atoms with Crippen LogP contribution in [-0.4, -0.2) is 14.5 Å². The van der Waals surface area contributed by atoms with Crippen molar-refractivity contribution in [1.82, 2.24) is 14.5 Å². The van der Waals surface area contributed by atoms with Gasteiger partial charge in [-0.1, -0.05) is 153 Å². The van der Waals surface area contributed by atoms with Crippen LogP contribution in [0.3, 0.4) is 0 Å². The molecular weight excluding hydrogens is 627 g/mol. The van der Waals surface area contributed by atoms with Gasteiger partial charge in [0.25, 0.3) is 0 Å². The van der Waals surface area contributed by atoms with Gasteiger partial charge >= 0.3 is 0 Å². The Kier molecular flexibility index (Phi) is 7.45. The van der Waals surface area contributed by atoms with Crippen LogP contribution in [0.15, 0.2) is 164 Å². The van der Waals surface area contributed by atoms with E-state index in [4.69, 9.17) is 9.97 Å². The number of aromatic nitrogens is 3. The third-order valence-corrected chi connectivity index (χ3v) is 10.6. The van der Waals surface area contributed by atoms with Gasteiger partial charge in [0.15, 0.2) is 0 Å². The minimum Gasteiger partial charge on any atom is -0.277 e. The van der Waals surface area contributed by atoms with Gasteiger partial charge < -0.3 is 0 Å². The maximum absolute atomic E-state index is 5.34. The molecule has 50 heavy (non-hydrogen) atoms. The highest BCUT2D eigenvalue weighted by Gasteiger charge is 2.22. The van der Waals surface area contributed by atoms with Gasteiger partial charge in [-0.15, -0.1) is 11.3 Å². The molecule has 4 heteroatoms. The molecule has 3 heterocycles. The van der Waals surface area contributed by atoms with Crippen LogP contribution in [0.4, 0.5) is 0 Å². The van der Waals surface area contributed by atoms with Crippen molar-refractivity contribution in [1.29, 1.82) is 0 Å². The van der Waals surface area contributed by atoms with Crippen molar-refractivity contribution in [3.8, 4) is 39.6 Å². The van der Waals surface area contributed by atoms with Crippen LogP contribution >= 0.6 is 11.3 Å². The van der Waals surface area contributed by atoms with Crippen LogP contribution in [0.25, 0.3) is 92.3 Å². The first-order valence-corrected chi connectivity index (χ1v) is 18.0. The summed E-state index contributed by atoms with van der Waals surface area (Å²) in [5, 5.41) is 7.34. The Labute approximate surface area is 294 Å². The van der Waals surface area contributed by atoms with Crippen molar-refractivity contribution in [3.05, 3.63) is 164 Å². The van der Waals surface area contributed by atoms with Gasteiger partial charge in [-0.3, -0.25) is 4.57 Å². The highest BCUT2D eigenvalue weighted by atomic mass is 32.1. The molecule has 0 saturated carbocycles. The quantitative estimate of drug-likeness (QED) is 0.188. The molecule has 238 valence electrons. The first kappa shape index (κ1) is 30.0. The molecule has 0 radical (unpaired) electrons. The summed E-state index contributed by atoms with van der Waals surface area (Å²) < 4.78 is 4.89. The molecule has 0 amide bonds. The van der Waals surface area contributed by atoms with E-state index in [1.807, 2.05) is 37.3 Å². The number of benzene rings is 7. The van der Waals surface area contributed by atoms with Gasteiger partial charge in [0.05, 0.1) is 22.4 Å². The molecule has 0 fully saturated rings. The maximum atomic E-state index is 5.34. The van der Waals surface area contributed by atoms with E-state index in [0.29, 0.717) is 5.95 Å². The Morgan fingerprint density at radius 2 is 1.02 bits per heavy atom. The topological polar surface area (TPSA) is 30.7 Å². The monoisotopic (exact) mass is 659 g/mol. The molecule has 0 saturated heterocycles. The van der Waals surface area contributed by atoms with E-state index in [1.165, 1.54) is 52.8 Å². The molecule has 3 aromatic heterocycles. The standard InChI is InChI=1S/C44H27N3S.C2H6/c1-3-13-28(14-4-1)38-27-39(29-15-5-2-6-16-29)46-44(45-38)47-40-26-31-18-8-7-17-30(31)25-37(40)34-21-11-20-33(42(34)47)36-23-12-22-35-32-19-9-10-24-41(32)48-43(35)36;1-2/h1-27H;1-2H3. The van der Waals surface area contributed by atoms with Crippen molar-refractivity contribution < 1.29 is 0 Å². The SMILES string of the molecule is CC.c1ccc(-c2cc(-c3ccccc3)nc(-n3c4cc5ccccc5cc4c4cccc(-c5cccc6c5sc5ccccc56)c43)n2)cc1. The van der Waals surface area contributed by atoms with Crippen molar-refractivity contribution in [2.24, 2.45) is 0 Å². The number of fused-ring (bicyclic) bond motifs is 7. The van der Waals surface area contributed by atoms with E-state index in [-0.39, 0.29) is 0 Å². The molecule has 10 aromatic rings. The van der Waals surface area contributed by atoms with Crippen LogP contribution in [0.5, 0.6) is 0 Å². The van der Waals surface area contributed by atoms with Gasteiger partial charge in [0.1, 0.15) is 0 Å². The van der Waals surface area contributed by atoms with Gasteiger partial charge in [-0.25, -0.2) is 9.97 Å².